The summed E-state index contributed by atoms with van der Waals surface area (Å²) in [5.41, 5.74) is 2.94. The molecule has 6 heteroatoms. The van der Waals surface area contributed by atoms with E-state index in [-0.39, 0.29) is 5.56 Å². The first kappa shape index (κ1) is 15.4. The number of pyridine rings is 1. The topological polar surface area (TPSA) is 55.6 Å². The number of nitrogens with zero attached hydrogens (tertiary/aromatic N) is 2. The van der Waals surface area contributed by atoms with Crippen LogP contribution in [0.15, 0.2) is 47.4 Å². The lowest BCUT2D eigenvalue weighted by Gasteiger charge is -2.11. The fraction of sp³-hybridized carbons (Fsp3) is 0.176. The number of benzene rings is 1. The van der Waals surface area contributed by atoms with Gasteiger partial charge in [0.15, 0.2) is 0 Å². The van der Waals surface area contributed by atoms with Gasteiger partial charge >= 0.3 is 0 Å². The Morgan fingerprint density at radius 1 is 1.26 bits per heavy atom. The molecule has 3 rings (SSSR count). The van der Waals surface area contributed by atoms with Crippen LogP contribution in [-0.2, 0) is 6.54 Å². The molecule has 2 aromatic heterocycles. The summed E-state index contributed by atoms with van der Waals surface area (Å²) in [4.78, 5) is 16.7. The fourth-order valence-electron chi connectivity index (χ4n) is 2.35. The molecule has 2 heterocycles. The van der Waals surface area contributed by atoms with Crippen molar-refractivity contribution in [3.05, 3.63) is 69.2 Å². The van der Waals surface area contributed by atoms with Gasteiger partial charge in [0.1, 0.15) is 11.4 Å². The van der Waals surface area contributed by atoms with Crippen LogP contribution >= 0.6 is 11.6 Å². The van der Waals surface area contributed by atoms with E-state index in [1.807, 2.05) is 19.1 Å². The fourth-order valence-corrected chi connectivity index (χ4v) is 2.53. The van der Waals surface area contributed by atoms with Crippen molar-refractivity contribution in [2.45, 2.75) is 13.5 Å². The largest absolute Gasteiger partial charge is 0.495 e. The number of ether oxygens (including phenoxy) is 1. The predicted octanol–water partition coefficient (Wildman–Crippen LogP) is 3.28. The molecule has 1 N–H and O–H groups in total. The maximum Gasteiger partial charge on any atom is 0.258 e. The van der Waals surface area contributed by atoms with Gasteiger partial charge in [0.2, 0.25) is 0 Å². The SMILES string of the molecule is COc1ccc(Cl)cc1NCc1cc(=O)n2cc(C)ccc2n1. The molecule has 1 aromatic carbocycles. The number of nitrogens with one attached hydrogen (secondary N) is 1. The Bertz CT molecular complexity index is 921. The van der Waals surface area contributed by atoms with Crippen LogP contribution < -0.4 is 15.6 Å². The highest BCUT2D eigenvalue weighted by molar-refractivity contribution is 6.30. The van der Waals surface area contributed by atoms with Crippen molar-refractivity contribution in [1.82, 2.24) is 9.38 Å². The minimum atomic E-state index is -0.103. The molecule has 0 unspecified atom stereocenters. The Morgan fingerprint density at radius 2 is 2.09 bits per heavy atom. The van der Waals surface area contributed by atoms with Crippen molar-refractivity contribution in [2.75, 3.05) is 12.4 Å². The average molecular weight is 330 g/mol. The zero-order valence-corrected chi connectivity index (χ0v) is 13.6. The van der Waals surface area contributed by atoms with Gasteiger partial charge in [0, 0.05) is 17.3 Å². The quantitative estimate of drug-likeness (QED) is 0.798. The lowest BCUT2D eigenvalue weighted by molar-refractivity contribution is 0.416. The molecule has 0 aliphatic rings. The number of fused-ring (bicyclic) bond motifs is 1. The molecule has 118 valence electrons. The Kier molecular flexibility index (Phi) is 4.21. The van der Waals surface area contributed by atoms with E-state index in [1.54, 1.807) is 35.9 Å². The standard InChI is InChI=1S/C17H16ClN3O2/c1-11-3-6-16-20-13(8-17(22)21(16)10-11)9-19-14-7-12(18)4-5-15(14)23-2/h3-8,10,19H,9H2,1-2H3. The minimum absolute atomic E-state index is 0.103. The van der Waals surface area contributed by atoms with Crippen molar-refractivity contribution >= 4 is 22.9 Å². The molecule has 0 aliphatic heterocycles. The maximum absolute atomic E-state index is 12.2. The van der Waals surface area contributed by atoms with E-state index in [2.05, 4.69) is 10.3 Å². The zero-order valence-electron chi connectivity index (χ0n) is 12.8. The van der Waals surface area contributed by atoms with Crippen LogP contribution in [0.2, 0.25) is 5.02 Å². The molecule has 0 aliphatic carbocycles. The molecular weight excluding hydrogens is 314 g/mol. The highest BCUT2D eigenvalue weighted by Gasteiger charge is 2.06. The summed E-state index contributed by atoms with van der Waals surface area (Å²) in [5.74, 6) is 0.683. The van der Waals surface area contributed by atoms with Gasteiger partial charge in [-0.25, -0.2) is 4.98 Å². The number of methoxy groups -OCH3 is 1. The minimum Gasteiger partial charge on any atom is -0.495 e. The third-order valence-electron chi connectivity index (χ3n) is 3.48. The third kappa shape index (κ3) is 3.29. The number of rotatable bonds is 4. The summed E-state index contributed by atoms with van der Waals surface area (Å²) < 4.78 is 6.83. The number of anilines is 1. The second-order valence-electron chi connectivity index (χ2n) is 5.22. The van der Waals surface area contributed by atoms with Crippen molar-refractivity contribution in [2.24, 2.45) is 0 Å². The number of aryl methyl sites for hydroxylation is 1. The van der Waals surface area contributed by atoms with E-state index in [0.717, 1.165) is 11.3 Å². The molecule has 0 saturated carbocycles. The van der Waals surface area contributed by atoms with E-state index in [0.29, 0.717) is 28.7 Å². The molecule has 23 heavy (non-hydrogen) atoms. The molecule has 0 radical (unpaired) electrons. The Labute approximate surface area is 138 Å². The Hall–Kier alpha value is -2.53. The molecule has 0 atom stereocenters. The molecule has 3 aromatic rings. The lowest BCUT2D eigenvalue weighted by Crippen LogP contribution is -2.17. The molecule has 0 bridgehead atoms. The number of halogens is 1. The number of hydrogen-bond acceptors (Lipinski definition) is 4. The lowest BCUT2D eigenvalue weighted by atomic mass is 10.2. The van der Waals surface area contributed by atoms with E-state index in [1.165, 1.54) is 6.07 Å². The number of aromatic nitrogens is 2. The van der Waals surface area contributed by atoms with Gasteiger partial charge in [0.05, 0.1) is 25.0 Å². The van der Waals surface area contributed by atoms with Crippen LogP contribution in [0.3, 0.4) is 0 Å². The normalized spacial score (nSPS) is 10.7. The predicted molar refractivity (Wildman–Crippen MR) is 91.5 cm³/mol. The van der Waals surface area contributed by atoms with Gasteiger partial charge < -0.3 is 10.1 Å². The van der Waals surface area contributed by atoms with Crippen molar-refractivity contribution in [3.8, 4) is 5.75 Å². The van der Waals surface area contributed by atoms with Crippen LogP contribution in [0, 0.1) is 6.92 Å². The van der Waals surface area contributed by atoms with Gasteiger partial charge in [-0.3, -0.25) is 9.20 Å². The number of hydrogen-bond donors (Lipinski definition) is 1. The first-order chi connectivity index (χ1) is 11.1. The third-order valence-corrected chi connectivity index (χ3v) is 3.72. The summed E-state index contributed by atoms with van der Waals surface area (Å²) in [5, 5.41) is 3.81. The van der Waals surface area contributed by atoms with Gasteiger partial charge in [-0.15, -0.1) is 0 Å². The summed E-state index contributed by atoms with van der Waals surface area (Å²) in [7, 11) is 1.59. The summed E-state index contributed by atoms with van der Waals surface area (Å²) in [6.45, 7) is 2.34. The van der Waals surface area contributed by atoms with Gasteiger partial charge in [-0.05, 0) is 36.8 Å². The van der Waals surface area contributed by atoms with Gasteiger partial charge in [0.25, 0.3) is 5.56 Å². The molecular formula is C17H16ClN3O2. The maximum atomic E-state index is 12.2. The van der Waals surface area contributed by atoms with E-state index in [4.69, 9.17) is 16.3 Å². The van der Waals surface area contributed by atoms with Crippen molar-refractivity contribution in [3.63, 3.8) is 0 Å². The average Bonchev–Trinajstić information content (AvgIpc) is 2.54. The van der Waals surface area contributed by atoms with Crippen LogP contribution in [0.1, 0.15) is 11.3 Å². The second kappa shape index (κ2) is 6.30. The smallest absolute Gasteiger partial charge is 0.258 e. The molecule has 0 saturated heterocycles. The van der Waals surface area contributed by atoms with E-state index < -0.39 is 0 Å². The van der Waals surface area contributed by atoms with Crippen LogP contribution in [0.25, 0.3) is 5.65 Å². The summed E-state index contributed by atoms with van der Waals surface area (Å²) in [6, 6.07) is 10.6. The van der Waals surface area contributed by atoms with Crippen LogP contribution in [0.4, 0.5) is 5.69 Å². The molecule has 5 nitrogen and oxygen atoms in total. The zero-order chi connectivity index (χ0) is 16.4. The van der Waals surface area contributed by atoms with E-state index in [9.17, 15) is 4.79 Å². The molecule has 0 fully saturated rings. The first-order valence-corrected chi connectivity index (χ1v) is 7.51. The summed E-state index contributed by atoms with van der Waals surface area (Å²) in [6.07, 6.45) is 1.78. The van der Waals surface area contributed by atoms with Gasteiger partial charge in [-0.2, -0.15) is 0 Å². The van der Waals surface area contributed by atoms with Crippen LogP contribution in [-0.4, -0.2) is 16.5 Å². The van der Waals surface area contributed by atoms with Crippen molar-refractivity contribution < 1.29 is 4.74 Å². The van der Waals surface area contributed by atoms with Gasteiger partial charge in [-0.1, -0.05) is 17.7 Å². The highest BCUT2D eigenvalue weighted by Crippen LogP contribution is 2.27. The highest BCUT2D eigenvalue weighted by atomic mass is 35.5. The molecule has 0 spiro atoms. The first-order valence-electron chi connectivity index (χ1n) is 7.13. The monoisotopic (exact) mass is 329 g/mol. The Balaban J connectivity index is 1.89. The summed E-state index contributed by atoms with van der Waals surface area (Å²) >= 11 is 6.01. The van der Waals surface area contributed by atoms with Crippen molar-refractivity contribution in [1.29, 1.82) is 0 Å². The van der Waals surface area contributed by atoms with E-state index >= 15 is 0 Å². The second-order valence-corrected chi connectivity index (χ2v) is 5.65. The van der Waals surface area contributed by atoms with Crippen LogP contribution in [0.5, 0.6) is 5.75 Å². The molecule has 0 amide bonds. The Morgan fingerprint density at radius 3 is 2.87 bits per heavy atom.